The summed E-state index contributed by atoms with van der Waals surface area (Å²) >= 11 is 0. The summed E-state index contributed by atoms with van der Waals surface area (Å²) in [5, 5.41) is 9.64. The van der Waals surface area contributed by atoms with Gasteiger partial charge in [-0.05, 0) is 135 Å². The molecule has 0 heterocycles. The summed E-state index contributed by atoms with van der Waals surface area (Å²) < 4.78 is 10.7. The highest BCUT2D eigenvalue weighted by atomic mass is 16.6. The largest absolute Gasteiger partial charge is 0.462 e. The smallest absolute Gasteiger partial charge is 0.306 e. The summed E-state index contributed by atoms with van der Waals surface area (Å²) in [6.45, 7) is 3.86. The van der Waals surface area contributed by atoms with Gasteiger partial charge in [0, 0.05) is 12.8 Å². The fourth-order valence-electron chi connectivity index (χ4n) is 7.02. The Hall–Kier alpha value is -5.00. The third-order valence-corrected chi connectivity index (χ3v) is 11.2. The standard InChI is InChI=1S/C67H102O5/c1-3-5-7-9-11-13-15-17-19-21-23-25-26-27-28-29-30-31-32-33-34-35-36-37-38-39-40-42-44-46-48-50-52-54-56-58-60-62-67(70)72-65(63-68)64-71-66(69)61-59-57-55-53-51-49-47-45-43-41-24-22-20-18-16-14-12-10-8-6-4-2/h5-8,11-14,17-20,23-25,27-28,30-31,33-34,36-37,39-41,44,46,50,52,65,68H,3-4,9-10,15-16,21-22,26,29,32,35,38,42-43,45,47-49,51,53-64H2,1-2H3/b7-5-,8-6-,13-11-,14-12-,19-17-,20-18-,25-23-,28-27-,31-30-,34-33-,37-36-,40-39-,41-24-,46-44-,52-50-. The van der Waals surface area contributed by atoms with E-state index in [1.54, 1.807) is 0 Å². The van der Waals surface area contributed by atoms with Crippen LogP contribution in [-0.4, -0.2) is 36.4 Å². The molecule has 0 aromatic carbocycles. The third-order valence-electron chi connectivity index (χ3n) is 11.2. The van der Waals surface area contributed by atoms with Crippen molar-refractivity contribution < 1.29 is 24.2 Å². The molecule has 1 N–H and O–H groups in total. The van der Waals surface area contributed by atoms with E-state index in [-0.39, 0.29) is 25.2 Å². The van der Waals surface area contributed by atoms with Crippen molar-refractivity contribution in [1.29, 1.82) is 0 Å². The van der Waals surface area contributed by atoms with E-state index in [0.717, 1.165) is 148 Å². The minimum atomic E-state index is -0.809. The highest BCUT2D eigenvalue weighted by molar-refractivity contribution is 5.70. The summed E-state index contributed by atoms with van der Waals surface area (Å²) in [4.78, 5) is 24.5. The number of rotatable bonds is 49. The molecule has 0 aromatic rings. The van der Waals surface area contributed by atoms with E-state index < -0.39 is 6.10 Å². The first-order chi connectivity index (χ1) is 35.6. The van der Waals surface area contributed by atoms with Crippen LogP contribution in [0.25, 0.3) is 0 Å². The molecule has 1 unspecified atom stereocenters. The monoisotopic (exact) mass is 987 g/mol. The van der Waals surface area contributed by atoms with Gasteiger partial charge in [0.15, 0.2) is 6.10 Å². The number of ether oxygens (including phenoxy) is 2. The van der Waals surface area contributed by atoms with Crippen molar-refractivity contribution in [1.82, 2.24) is 0 Å². The van der Waals surface area contributed by atoms with Gasteiger partial charge in [-0.25, -0.2) is 0 Å². The molecule has 0 spiro atoms. The quantitative estimate of drug-likeness (QED) is 0.0374. The predicted molar refractivity (Wildman–Crippen MR) is 315 cm³/mol. The topological polar surface area (TPSA) is 72.8 Å². The Labute approximate surface area is 442 Å². The van der Waals surface area contributed by atoms with Crippen LogP contribution in [0.4, 0.5) is 0 Å². The molecule has 0 saturated heterocycles. The Morgan fingerprint density at radius 3 is 0.847 bits per heavy atom. The lowest BCUT2D eigenvalue weighted by Crippen LogP contribution is -2.28. The molecule has 0 aliphatic rings. The van der Waals surface area contributed by atoms with Crippen molar-refractivity contribution in [2.75, 3.05) is 13.2 Å². The van der Waals surface area contributed by atoms with Crippen molar-refractivity contribution in [2.24, 2.45) is 0 Å². The van der Waals surface area contributed by atoms with E-state index in [4.69, 9.17) is 9.47 Å². The number of hydrogen-bond donors (Lipinski definition) is 1. The van der Waals surface area contributed by atoms with Gasteiger partial charge in [-0.2, -0.15) is 0 Å². The van der Waals surface area contributed by atoms with Crippen LogP contribution in [0.3, 0.4) is 0 Å². The molecule has 0 aliphatic heterocycles. The van der Waals surface area contributed by atoms with E-state index >= 15 is 0 Å². The van der Waals surface area contributed by atoms with Gasteiger partial charge in [-0.1, -0.05) is 241 Å². The van der Waals surface area contributed by atoms with Crippen molar-refractivity contribution in [3.05, 3.63) is 182 Å². The van der Waals surface area contributed by atoms with E-state index in [1.165, 1.54) is 32.1 Å². The van der Waals surface area contributed by atoms with E-state index in [9.17, 15) is 14.7 Å². The Kier molecular flexibility index (Phi) is 56.1. The number of esters is 2. The molecule has 400 valence electrons. The first-order valence-corrected chi connectivity index (χ1v) is 28.3. The first kappa shape index (κ1) is 67.0. The minimum absolute atomic E-state index is 0.0966. The predicted octanol–water partition coefficient (Wildman–Crippen LogP) is 19.5. The Morgan fingerprint density at radius 2 is 0.556 bits per heavy atom. The molecule has 0 aromatic heterocycles. The van der Waals surface area contributed by atoms with Crippen LogP contribution >= 0.6 is 0 Å². The molecular weight excluding hydrogens is 885 g/mol. The van der Waals surface area contributed by atoms with Gasteiger partial charge in [0.05, 0.1) is 6.61 Å². The molecule has 1 atom stereocenters. The molecule has 0 radical (unpaired) electrons. The molecule has 0 bridgehead atoms. The summed E-state index contributed by atoms with van der Waals surface area (Å²) in [5.41, 5.74) is 0. The molecule has 72 heavy (non-hydrogen) atoms. The highest BCUT2D eigenvalue weighted by Gasteiger charge is 2.16. The third kappa shape index (κ3) is 57.6. The average Bonchev–Trinajstić information content (AvgIpc) is 3.38. The van der Waals surface area contributed by atoms with Gasteiger partial charge in [0.2, 0.25) is 0 Å². The van der Waals surface area contributed by atoms with E-state index in [2.05, 4.69) is 196 Å². The molecule has 5 heteroatoms. The van der Waals surface area contributed by atoms with Crippen LogP contribution in [0, 0.1) is 0 Å². The van der Waals surface area contributed by atoms with Gasteiger partial charge < -0.3 is 14.6 Å². The Morgan fingerprint density at radius 1 is 0.319 bits per heavy atom. The molecule has 0 rings (SSSR count). The van der Waals surface area contributed by atoms with Gasteiger partial charge in [-0.15, -0.1) is 0 Å². The lowest BCUT2D eigenvalue weighted by Gasteiger charge is -2.15. The van der Waals surface area contributed by atoms with Crippen molar-refractivity contribution in [3.63, 3.8) is 0 Å². The second-order valence-electron chi connectivity index (χ2n) is 17.9. The van der Waals surface area contributed by atoms with Gasteiger partial charge in [0.25, 0.3) is 0 Å². The van der Waals surface area contributed by atoms with Crippen molar-refractivity contribution in [3.8, 4) is 0 Å². The van der Waals surface area contributed by atoms with Crippen LogP contribution in [0.1, 0.15) is 206 Å². The maximum atomic E-state index is 12.3. The molecular formula is C67H102O5. The normalized spacial score (nSPS) is 13.7. The fourth-order valence-corrected chi connectivity index (χ4v) is 7.02. The van der Waals surface area contributed by atoms with E-state index in [0.29, 0.717) is 12.8 Å². The minimum Gasteiger partial charge on any atom is -0.462 e. The molecule has 0 amide bonds. The maximum Gasteiger partial charge on any atom is 0.306 e. The summed E-state index contributed by atoms with van der Waals surface area (Å²) in [6.07, 6.45) is 95.7. The van der Waals surface area contributed by atoms with Gasteiger partial charge in [0.1, 0.15) is 6.61 Å². The fraction of sp³-hybridized carbons (Fsp3) is 0.522. The van der Waals surface area contributed by atoms with Crippen molar-refractivity contribution in [2.45, 2.75) is 213 Å². The van der Waals surface area contributed by atoms with Crippen LogP contribution in [-0.2, 0) is 19.1 Å². The number of aliphatic hydroxyl groups is 1. The highest BCUT2D eigenvalue weighted by Crippen LogP contribution is 2.12. The number of aliphatic hydroxyl groups excluding tert-OH is 1. The second-order valence-corrected chi connectivity index (χ2v) is 17.9. The Bertz CT molecular complexity index is 1680. The lowest BCUT2D eigenvalue weighted by molar-refractivity contribution is -0.161. The summed E-state index contributed by atoms with van der Waals surface area (Å²) in [5.74, 6) is -0.654. The van der Waals surface area contributed by atoms with Crippen LogP contribution in [0.5, 0.6) is 0 Å². The average molecular weight is 988 g/mol. The number of hydrogen-bond acceptors (Lipinski definition) is 5. The van der Waals surface area contributed by atoms with Crippen molar-refractivity contribution >= 4 is 11.9 Å². The van der Waals surface area contributed by atoms with Crippen LogP contribution in [0.15, 0.2) is 182 Å². The zero-order valence-electron chi connectivity index (χ0n) is 45.6. The van der Waals surface area contributed by atoms with Crippen LogP contribution in [0.2, 0.25) is 0 Å². The summed E-state index contributed by atoms with van der Waals surface area (Å²) in [7, 11) is 0. The molecule has 5 nitrogen and oxygen atoms in total. The van der Waals surface area contributed by atoms with Gasteiger partial charge in [-0.3, -0.25) is 9.59 Å². The first-order valence-electron chi connectivity index (χ1n) is 28.3. The van der Waals surface area contributed by atoms with E-state index in [1.807, 2.05) is 0 Å². The molecule has 0 aliphatic carbocycles. The number of allylic oxidation sites excluding steroid dienone is 30. The molecule has 0 fully saturated rings. The summed E-state index contributed by atoms with van der Waals surface area (Å²) in [6, 6.07) is 0. The second kappa shape index (κ2) is 60.3. The zero-order chi connectivity index (χ0) is 52.0. The number of carbonyl (C=O) groups is 2. The maximum absolute atomic E-state index is 12.3. The zero-order valence-corrected chi connectivity index (χ0v) is 45.6. The van der Waals surface area contributed by atoms with Crippen LogP contribution < -0.4 is 0 Å². The Balaban J connectivity index is 3.70. The van der Waals surface area contributed by atoms with Gasteiger partial charge >= 0.3 is 11.9 Å². The number of unbranched alkanes of at least 4 members (excludes halogenated alkanes) is 11. The molecule has 0 saturated carbocycles. The number of carbonyl (C=O) groups excluding carboxylic acids is 2. The SMILES string of the molecule is CC/C=C\C/C=C\C/C=C\C/C=C\C/C=C\C/C=C\C/C=C\C/C=C\C/C=C\C/C=C\C/C=C\CCCCCC(=O)OC(CO)COC(=O)CCCCCCCCCC/C=C\C/C=C\C/C=C\C/C=C\CC. The lowest BCUT2D eigenvalue weighted by atomic mass is 10.1.